The lowest BCUT2D eigenvalue weighted by Crippen LogP contribution is -2.54. The zero-order valence-electron chi connectivity index (χ0n) is 14.2. The highest BCUT2D eigenvalue weighted by molar-refractivity contribution is 7.93. The van der Waals surface area contributed by atoms with E-state index in [1.807, 2.05) is 0 Å². The Morgan fingerprint density at radius 1 is 1.16 bits per heavy atom. The third-order valence-electron chi connectivity index (χ3n) is 5.74. The Morgan fingerprint density at radius 3 is 2.40 bits per heavy atom. The van der Waals surface area contributed by atoms with Gasteiger partial charge in [-0.15, -0.1) is 0 Å². The largest absolute Gasteiger partial charge is 0.352 e. The molecule has 1 amide bonds. The van der Waals surface area contributed by atoms with Crippen LogP contribution in [0.3, 0.4) is 0 Å². The molecule has 0 heterocycles. The Balaban J connectivity index is 1.90. The van der Waals surface area contributed by atoms with Crippen LogP contribution in [0.1, 0.15) is 44.9 Å². The molecule has 1 aromatic carbocycles. The van der Waals surface area contributed by atoms with Crippen LogP contribution in [0.2, 0.25) is 5.02 Å². The molecule has 0 aliphatic heterocycles. The van der Waals surface area contributed by atoms with Crippen molar-refractivity contribution < 1.29 is 13.2 Å². The van der Waals surface area contributed by atoms with Crippen LogP contribution in [0.5, 0.6) is 0 Å². The van der Waals surface area contributed by atoms with Crippen LogP contribution >= 0.6 is 11.6 Å². The normalized spacial score (nSPS) is 25.8. The molecule has 3 N–H and O–H groups in total. The first kappa shape index (κ1) is 18.7. The number of rotatable bonds is 5. The highest BCUT2D eigenvalue weighted by Crippen LogP contribution is 2.41. The van der Waals surface area contributed by atoms with Crippen molar-refractivity contribution in [3.05, 3.63) is 29.3 Å². The molecule has 0 bridgehead atoms. The van der Waals surface area contributed by atoms with Crippen LogP contribution in [-0.2, 0) is 14.6 Å². The molecule has 1 aromatic rings. The zero-order chi connectivity index (χ0) is 18.1. The van der Waals surface area contributed by atoms with Crippen LogP contribution in [-0.4, -0.2) is 31.7 Å². The van der Waals surface area contributed by atoms with Gasteiger partial charge in [-0.05, 0) is 62.4 Å². The summed E-state index contributed by atoms with van der Waals surface area (Å²) in [7, 11) is -3.78. The molecule has 2 aliphatic carbocycles. The van der Waals surface area contributed by atoms with Crippen molar-refractivity contribution in [1.29, 1.82) is 0 Å². The maximum Gasteiger partial charge on any atom is 0.242 e. The molecule has 0 aromatic heterocycles. The van der Waals surface area contributed by atoms with E-state index >= 15 is 0 Å². The van der Waals surface area contributed by atoms with Crippen molar-refractivity contribution in [2.75, 3.05) is 6.54 Å². The van der Waals surface area contributed by atoms with Gasteiger partial charge in [-0.25, -0.2) is 8.42 Å². The Morgan fingerprint density at radius 2 is 1.80 bits per heavy atom. The van der Waals surface area contributed by atoms with Crippen LogP contribution in [0, 0.1) is 5.92 Å². The fourth-order valence-electron chi connectivity index (χ4n) is 4.21. The maximum atomic E-state index is 13.3. The topological polar surface area (TPSA) is 89.3 Å². The van der Waals surface area contributed by atoms with E-state index in [4.69, 9.17) is 17.3 Å². The fraction of sp³-hybridized carbons (Fsp3) is 0.611. The summed E-state index contributed by atoms with van der Waals surface area (Å²) in [6, 6.07) is 6.06. The van der Waals surface area contributed by atoms with Crippen molar-refractivity contribution >= 4 is 27.3 Å². The lowest BCUT2D eigenvalue weighted by Gasteiger charge is -2.30. The van der Waals surface area contributed by atoms with Crippen molar-refractivity contribution in [3.8, 4) is 0 Å². The highest BCUT2D eigenvalue weighted by atomic mass is 35.5. The average molecular weight is 385 g/mol. The van der Waals surface area contributed by atoms with Gasteiger partial charge in [-0.2, -0.15) is 0 Å². The van der Waals surface area contributed by atoms with E-state index in [1.165, 1.54) is 12.1 Å². The summed E-state index contributed by atoms with van der Waals surface area (Å²) in [5.74, 6) is -0.120. The molecule has 3 rings (SSSR count). The molecule has 2 atom stereocenters. The molecular formula is C18H25ClN2O3S. The van der Waals surface area contributed by atoms with Gasteiger partial charge in [0.05, 0.1) is 4.90 Å². The number of nitrogens with two attached hydrogens (primary N) is 1. The molecule has 5 nitrogen and oxygen atoms in total. The van der Waals surface area contributed by atoms with E-state index < -0.39 is 14.6 Å². The second kappa shape index (κ2) is 7.25. The number of hydrogen-bond donors (Lipinski definition) is 2. The fourth-order valence-corrected chi connectivity index (χ4v) is 6.41. The summed E-state index contributed by atoms with van der Waals surface area (Å²) in [4.78, 5) is 13.3. The van der Waals surface area contributed by atoms with Crippen molar-refractivity contribution in [2.45, 2.75) is 60.6 Å². The molecular weight excluding hydrogens is 360 g/mol. The number of sulfone groups is 1. The summed E-state index contributed by atoms with van der Waals surface area (Å²) in [6.07, 6.45) is 5.08. The molecule has 0 spiro atoms. The van der Waals surface area contributed by atoms with E-state index in [0.717, 1.165) is 32.1 Å². The van der Waals surface area contributed by atoms with E-state index in [2.05, 4.69) is 5.32 Å². The minimum absolute atomic E-state index is 0.0182. The number of amides is 1. The van der Waals surface area contributed by atoms with Gasteiger partial charge >= 0.3 is 0 Å². The standard InChI is InChI=1S/C18H25ClN2O3S/c19-14-6-8-15(9-7-14)25(23,24)18(10-1-2-11-18)17(22)21-16-5-3-4-13(16)12-20/h6-9,13,16H,1-5,10-12,20H2,(H,21,22). The van der Waals surface area contributed by atoms with Crippen molar-refractivity contribution in [3.63, 3.8) is 0 Å². The Labute approximate surface area is 154 Å². The first-order valence-corrected chi connectivity index (χ1v) is 10.8. The second-order valence-corrected chi connectivity index (χ2v) is 9.86. The lowest BCUT2D eigenvalue weighted by atomic mass is 10.0. The second-order valence-electron chi connectivity index (χ2n) is 7.17. The van der Waals surface area contributed by atoms with Gasteiger partial charge in [0, 0.05) is 11.1 Å². The maximum absolute atomic E-state index is 13.3. The van der Waals surface area contributed by atoms with Gasteiger partial charge < -0.3 is 11.1 Å². The SMILES string of the molecule is NCC1CCCC1NC(=O)C1(S(=O)(=O)c2ccc(Cl)cc2)CCCC1. The van der Waals surface area contributed by atoms with Gasteiger partial charge in [0.2, 0.25) is 5.91 Å². The molecule has 0 saturated heterocycles. The number of benzene rings is 1. The third kappa shape index (κ3) is 3.32. The summed E-state index contributed by atoms with van der Waals surface area (Å²) in [5, 5.41) is 3.50. The summed E-state index contributed by atoms with van der Waals surface area (Å²) < 4.78 is 25.2. The molecule has 7 heteroatoms. The molecule has 2 aliphatic rings. The Hall–Kier alpha value is -1.11. The molecule has 2 unspecified atom stereocenters. The summed E-state index contributed by atoms with van der Waals surface area (Å²) in [5.41, 5.74) is 5.80. The minimum Gasteiger partial charge on any atom is -0.352 e. The zero-order valence-corrected chi connectivity index (χ0v) is 15.8. The monoisotopic (exact) mass is 384 g/mol. The Bertz CT molecular complexity index is 727. The predicted molar refractivity (Wildman–Crippen MR) is 98.2 cm³/mol. The van der Waals surface area contributed by atoms with E-state index in [1.54, 1.807) is 12.1 Å². The van der Waals surface area contributed by atoms with E-state index in [9.17, 15) is 13.2 Å². The van der Waals surface area contributed by atoms with Gasteiger partial charge in [-0.3, -0.25) is 4.79 Å². The van der Waals surface area contributed by atoms with Crippen LogP contribution in [0.4, 0.5) is 0 Å². The van der Waals surface area contributed by atoms with Gasteiger partial charge in [0.15, 0.2) is 14.6 Å². The Kier molecular flexibility index (Phi) is 5.42. The van der Waals surface area contributed by atoms with Crippen LogP contribution < -0.4 is 11.1 Å². The molecule has 2 saturated carbocycles. The van der Waals surface area contributed by atoms with Crippen molar-refractivity contribution in [1.82, 2.24) is 5.32 Å². The predicted octanol–water partition coefficient (Wildman–Crippen LogP) is 2.67. The number of hydrogen-bond acceptors (Lipinski definition) is 4. The molecule has 2 fully saturated rings. The minimum atomic E-state index is -3.78. The highest BCUT2D eigenvalue weighted by Gasteiger charge is 2.53. The van der Waals surface area contributed by atoms with Crippen LogP contribution in [0.15, 0.2) is 29.2 Å². The molecule has 25 heavy (non-hydrogen) atoms. The van der Waals surface area contributed by atoms with Gasteiger partial charge in [0.1, 0.15) is 0 Å². The smallest absolute Gasteiger partial charge is 0.242 e. The first-order valence-electron chi connectivity index (χ1n) is 8.92. The average Bonchev–Trinajstić information content (AvgIpc) is 3.25. The number of carbonyl (C=O) groups is 1. The van der Waals surface area contributed by atoms with Crippen LogP contribution in [0.25, 0.3) is 0 Å². The summed E-state index contributed by atoms with van der Waals surface area (Å²) in [6.45, 7) is 0.516. The summed E-state index contributed by atoms with van der Waals surface area (Å²) >= 11 is 5.88. The van der Waals surface area contributed by atoms with E-state index in [0.29, 0.717) is 24.4 Å². The first-order chi connectivity index (χ1) is 11.9. The molecule has 0 radical (unpaired) electrons. The lowest BCUT2D eigenvalue weighted by molar-refractivity contribution is -0.124. The number of carbonyl (C=O) groups excluding carboxylic acids is 1. The molecule has 138 valence electrons. The van der Waals surface area contributed by atoms with Gasteiger partial charge in [0.25, 0.3) is 0 Å². The quantitative estimate of drug-likeness (QED) is 0.816. The van der Waals surface area contributed by atoms with Gasteiger partial charge in [-0.1, -0.05) is 30.9 Å². The third-order valence-corrected chi connectivity index (χ3v) is 8.51. The van der Waals surface area contributed by atoms with Crippen molar-refractivity contribution in [2.24, 2.45) is 11.7 Å². The number of halogens is 1. The van der Waals surface area contributed by atoms with E-state index in [-0.39, 0.29) is 22.8 Å². The number of nitrogens with one attached hydrogen (secondary N) is 1.